The van der Waals surface area contributed by atoms with Gasteiger partial charge in [-0.15, -0.1) is 0 Å². The number of amides is 2. The topological polar surface area (TPSA) is 146 Å². The summed E-state index contributed by atoms with van der Waals surface area (Å²) in [6, 6.07) is 22.2. The third-order valence-corrected chi connectivity index (χ3v) is 7.83. The molecule has 0 aromatic heterocycles. The van der Waals surface area contributed by atoms with E-state index >= 15 is 0 Å². The van der Waals surface area contributed by atoms with Gasteiger partial charge in [-0.3, -0.25) is 14.5 Å². The minimum atomic E-state index is -0.601. The Kier molecular flexibility index (Phi) is 10.4. The van der Waals surface area contributed by atoms with Crippen LogP contribution in [0.5, 0.6) is 0 Å². The van der Waals surface area contributed by atoms with Crippen LogP contribution in [0.15, 0.2) is 72.8 Å². The van der Waals surface area contributed by atoms with E-state index in [0.717, 1.165) is 29.7 Å². The molecular formula is C33H40N4O6. The van der Waals surface area contributed by atoms with Crippen LogP contribution in [0.3, 0.4) is 0 Å². The molecule has 0 spiro atoms. The Bertz CT molecular complexity index is 1370. The predicted molar refractivity (Wildman–Crippen MR) is 164 cm³/mol. The monoisotopic (exact) mass is 588 g/mol. The molecular weight excluding hydrogens is 548 g/mol. The molecule has 6 N–H and O–H groups in total. The number of likely N-dealkylation sites (tertiary alicyclic amines) is 1. The predicted octanol–water partition coefficient (Wildman–Crippen LogP) is 4.12. The molecule has 0 saturated carbocycles. The van der Waals surface area contributed by atoms with Gasteiger partial charge in [-0.25, -0.2) is 0 Å². The van der Waals surface area contributed by atoms with Gasteiger partial charge in [-0.05, 0) is 48.2 Å². The Morgan fingerprint density at radius 1 is 0.907 bits per heavy atom. The van der Waals surface area contributed by atoms with Crippen molar-refractivity contribution in [2.45, 2.75) is 63.3 Å². The Balaban J connectivity index is 1.16. The Morgan fingerprint density at radius 2 is 1.60 bits per heavy atom. The Morgan fingerprint density at radius 3 is 2.28 bits per heavy atom. The summed E-state index contributed by atoms with van der Waals surface area (Å²) in [5.41, 5.74) is 10.3. The van der Waals surface area contributed by atoms with Gasteiger partial charge in [0.15, 0.2) is 6.29 Å². The van der Waals surface area contributed by atoms with E-state index in [1.54, 1.807) is 24.3 Å². The van der Waals surface area contributed by atoms with E-state index in [1.807, 2.05) is 48.5 Å². The zero-order valence-electron chi connectivity index (χ0n) is 24.2. The molecule has 3 aromatic carbocycles. The molecule has 2 heterocycles. The summed E-state index contributed by atoms with van der Waals surface area (Å²) in [5, 5.41) is 25.1. The van der Waals surface area contributed by atoms with Crippen LogP contribution in [0, 0.1) is 0 Å². The van der Waals surface area contributed by atoms with E-state index in [1.165, 1.54) is 0 Å². The first-order chi connectivity index (χ1) is 20.9. The molecule has 3 aromatic rings. The van der Waals surface area contributed by atoms with E-state index in [9.17, 15) is 19.8 Å². The summed E-state index contributed by atoms with van der Waals surface area (Å²) < 4.78 is 12.8. The number of carbonyl (C=O) groups is 2. The summed E-state index contributed by atoms with van der Waals surface area (Å²) in [4.78, 5) is 27.0. The number of benzene rings is 3. The first-order valence-corrected chi connectivity index (χ1v) is 14.8. The average molecular weight is 589 g/mol. The normalized spacial score (nSPS) is 22.3. The lowest BCUT2D eigenvalue weighted by Gasteiger charge is -2.37. The average Bonchev–Trinajstić information content (AvgIpc) is 3.42. The molecule has 0 aliphatic carbocycles. The number of aliphatic hydroxyl groups is 2. The maximum Gasteiger partial charge on any atom is 0.224 e. The molecule has 5 rings (SSSR count). The number of β-amino-alcohol motifs (C(OH)–C–C–N with tert-alkyl or cyclic N) is 1. The van der Waals surface area contributed by atoms with E-state index in [4.69, 9.17) is 15.2 Å². The van der Waals surface area contributed by atoms with Gasteiger partial charge in [-0.2, -0.15) is 0 Å². The number of hydrogen-bond acceptors (Lipinski definition) is 8. The lowest BCUT2D eigenvalue weighted by molar-refractivity contribution is -0.252. The SMILES string of the molecule is Nc1ccccc1NC(=O)CCCC(=O)Nc1ccc([C@@H]2O[C@H](CN3CC[C@H](O)C3)C[C@H](c3ccc(CO)cc3)O2)cc1. The van der Waals surface area contributed by atoms with Crippen LogP contribution in [0.2, 0.25) is 0 Å². The molecule has 0 bridgehead atoms. The first-order valence-electron chi connectivity index (χ1n) is 14.8. The second-order valence-electron chi connectivity index (χ2n) is 11.2. The first kappa shape index (κ1) is 30.7. The molecule has 228 valence electrons. The molecule has 2 saturated heterocycles. The zero-order valence-corrected chi connectivity index (χ0v) is 24.2. The van der Waals surface area contributed by atoms with Crippen molar-refractivity contribution in [3.63, 3.8) is 0 Å². The second kappa shape index (κ2) is 14.6. The second-order valence-corrected chi connectivity index (χ2v) is 11.2. The lowest BCUT2D eigenvalue weighted by atomic mass is 9.99. The van der Waals surface area contributed by atoms with Crippen molar-refractivity contribution in [3.8, 4) is 0 Å². The summed E-state index contributed by atoms with van der Waals surface area (Å²) in [5.74, 6) is -0.367. The fourth-order valence-corrected chi connectivity index (χ4v) is 5.48. The summed E-state index contributed by atoms with van der Waals surface area (Å²) >= 11 is 0. The van der Waals surface area contributed by atoms with Gasteiger partial charge in [0.1, 0.15) is 0 Å². The maximum absolute atomic E-state index is 12.5. The molecule has 10 heteroatoms. The van der Waals surface area contributed by atoms with Crippen LogP contribution >= 0.6 is 0 Å². The summed E-state index contributed by atoms with van der Waals surface area (Å²) in [7, 11) is 0. The van der Waals surface area contributed by atoms with Crippen LogP contribution in [0.1, 0.15) is 61.2 Å². The highest BCUT2D eigenvalue weighted by atomic mass is 16.7. The summed E-state index contributed by atoms with van der Waals surface area (Å²) in [6.45, 7) is 2.16. The zero-order chi connectivity index (χ0) is 30.2. The number of nitrogens with zero attached hydrogens (tertiary/aromatic N) is 1. The number of anilines is 3. The van der Waals surface area contributed by atoms with Gasteiger partial charge in [0.2, 0.25) is 11.8 Å². The fourth-order valence-electron chi connectivity index (χ4n) is 5.48. The van der Waals surface area contributed by atoms with Gasteiger partial charge < -0.3 is 36.1 Å². The quantitative estimate of drug-likeness (QED) is 0.210. The fraction of sp³-hybridized carbons (Fsp3) is 0.394. The van der Waals surface area contributed by atoms with Crippen LogP contribution in [0.4, 0.5) is 17.1 Å². The van der Waals surface area contributed by atoms with Crippen LogP contribution in [-0.4, -0.2) is 58.8 Å². The molecule has 2 amide bonds. The number of nitrogens with one attached hydrogen (secondary N) is 2. The van der Waals surface area contributed by atoms with Crippen molar-refractivity contribution in [2.24, 2.45) is 0 Å². The van der Waals surface area contributed by atoms with Crippen molar-refractivity contribution >= 4 is 28.9 Å². The molecule has 0 radical (unpaired) electrons. The Labute approximate surface area is 251 Å². The van der Waals surface area contributed by atoms with Gasteiger partial charge in [0, 0.05) is 50.1 Å². The number of nitrogens with two attached hydrogens (primary N) is 1. The van der Waals surface area contributed by atoms with Crippen LogP contribution in [-0.2, 0) is 25.7 Å². The molecule has 2 fully saturated rings. The van der Waals surface area contributed by atoms with E-state index < -0.39 is 6.29 Å². The third kappa shape index (κ3) is 8.62. The van der Waals surface area contributed by atoms with Gasteiger partial charge >= 0.3 is 0 Å². The van der Waals surface area contributed by atoms with Gasteiger partial charge in [0.05, 0.1) is 36.3 Å². The smallest absolute Gasteiger partial charge is 0.224 e. The highest BCUT2D eigenvalue weighted by Gasteiger charge is 2.34. The molecule has 43 heavy (non-hydrogen) atoms. The number of aliphatic hydroxyl groups excluding tert-OH is 2. The summed E-state index contributed by atoms with van der Waals surface area (Å²) in [6.07, 6.45) is 1.06. The highest BCUT2D eigenvalue weighted by Crippen LogP contribution is 2.38. The maximum atomic E-state index is 12.5. The third-order valence-electron chi connectivity index (χ3n) is 7.83. The number of rotatable bonds is 11. The Hall–Kier alpha value is -3.80. The highest BCUT2D eigenvalue weighted by molar-refractivity contribution is 5.94. The van der Waals surface area contributed by atoms with Crippen LogP contribution in [0.25, 0.3) is 0 Å². The minimum Gasteiger partial charge on any atom is -0.397 e. The molecule has 2 aliphatic rings. The van der Waals surface area contributed by atoms with Crippen molar-refractivity contribution in [3.05, 3.63) is 89.5 Å². The minimum absolute atomic E-state index is 0.0144. The number of nitrogen functional groups attached to an aromatic ring is 1. The van der Waals surface area contributed by atoms with Gasteiger partial charge in [-0.1, -0.05) is 48.5 Å². The number of ether oxygens (including phenoxy) is 2. The largest absolute Gasteiger partial charge is 0.397 e. The number of para-hydroxylation sites is 2. The molecule has 0 unspecified atom stereocenters. The molecule has 4 atom stereocenters. The molecule has 10 nitrogen and oxygen atoms in total. The lowest BCUT2D eigenvalue weighted by Crippen LogP contribution is -2.38. The van der Waals surface area contributed by atoms with Crippen molar-refractivity contribution in [1.82, 2.24) is 4.90 Å². The standard InChI is InChI=1S/C33H40N4O6/c34-28-4-1-2-5-29(28)36-32(41)7-3-6-31(40)35-25-14-12-24(13-15-25)33-42-27(20-37-17-16-26(39)19-37)18-30(43-33)23-10-8-22(21-38)9-11-23/h1-2,4-5,8-15,26-27,30,33,38-39H,3,6-7,16-21,34H2,(H,35,40)(H,36,41)/t26-,27-,30+,33+/m0/s1. The van der Waals surface area contributed by atoms with Crippen LogP contribution < -0.4 is 16.4 Å². The van der Waals surface area contributed by atoms with Crippen molar-refractivity contribution in [2.75, 3.05) is 36.0 Å². The van der Waals surface area contributed by atoms with Gasteiger partial charge in [0.25, 0.3) is 0 Å². The van der Waals surface area contributed by atoms with Crippen molar-refractivity contribution in [1.29, 1.82) is 0 Å². The van der Waals surface area contributed by atoms with E-state index in [-0.39, 0.29) is 49.6 Å². The van der Waals surface area contributed by atoms with Crippen molar-refractivity contribution < 1.29 is 29.3 Å². The number of carbonyl (C=O) groups excluding carboxylic acids is 2. The van der Waals surface area contributed by atoms with E-state index in [2.05, 4.69) is 15.5 Å². The van der Waals surface area contributed by atoms with E-state index in [0.29, 0.717) is 43.0 Å². The number of hydrogen-bond donors (Lipinski definition) is 5. The molecule has 2 aliphatic heterocycles.